The number of amidine groups is 1. The number of hydrogen-bond acceptors (Lipinski definition) is 6. The summed E-state index contributed by atoms with van der Waals surface area (Å²) in [6, 6.07) is 4.89. The highest BCUT2D eigenvalue weighted by atomic mass is 32.2. The summed E-state index contributed by atoms with van der Waals surface area (Å²) in [4.78, 5) is 37.9. The Bertz CT molecular complexity index is 739. The summed E-state index contributed by atoms with van der Waals surface area (Å²) in [7, 11) is 1.45. The fourth-order valence-electron chi connectivity index (χ4n) is 1.78. The van der Waals surface area contributed by atoms with E-state index in [4.69, 9.17) is 9.47 Å². The van der Waals surface area contributed by atoms with Gasteiger partial charge in [0.2, 0.25) is 5.91 Å². The predicted octanol–water partition coefficient (Wildman–Crippen LogP) is 1.73. The summed E-state index contributed by atoms with van der Waals surface area (Å²) in [5, 5.41) is 2.72. The fraction of sp³-hybridized carbons (Fsp3) is 0.200. The number of carbonyl (C=O) groups excluding carboxylic acids is 3. The molecule has 2 rings (SSSR count). The van der Waals surface area contributed by atoms with Gasteiger partial charge in [-0.25, -0.2) is 0 Å². The molecule has 0 saturated heterocycles. The van der Waals surface area contributed by atoms with E-state index >= 15 is 0 Å². The number of nitrogens with zero attached hydrogens (tertiary/aromatic N) is 1. The van der Waals surface area contributed by atoms with Crippen LogP contribution >= 0.6 is 11.8 Å². The van der Waals surface area contributed by atoms with Crippen LogP contribution < -0.4 is 14.8 Å². The Morgan fingerprint density at radius 1 is 1.26 bits per heavy atom. The summed E-state index contributed by atoms with van der Waals surface area (Å²) >= 11 is 1.07. The molecule has 0 unspecified atom stereocenters. The molecule has 0 saturated carbocycles. The van der Waals surface area contributed by atoms with E-state index in [2.05, 4.69) is 10.3 Å². The molecule has 2 amide bonds. The van der Waals surface area contributed by atoms with Gasteiger partial charge in [0.1, 0.15) is 0 Å². The van der Waals surface area contributed by atoms with Crippen LogP contribution in [-0.4, -0.2) is 30.1 Å². The highest BCUT2D eigenvalue weighted by Crippen LogP contribution is 2.32. The van der Waals surface area contributed by atoms with Gasteiger partial charge >= 0.3 is 5.97 Å². The number of ether oxygens (including phenoxy) is 2. The lowest BCUT2D eigenvalue weighted by Gasteiger charge is -2.08. The third-order valence-corrected chi connectivity index (χ3v) is 3.54. The average Bonchev–Trinajstić information content (AvgIpc) is 2.78. The molecule has 8 heteroatoms. The van der Waals surface area contributed by atoms with E-state index in [1.165, 1.54) is 21.0 Å². The second kappa shape index (κ2) is 7.10. The van der Waals surface area contributed by atoms with Crippen LogP contribution in [0, 0.1) is 0 Å². The molecule has 0 bridgehead atoms. The minimum atomic E-state index is -0.454. The van der Waals surface area contributed by atoms with Crippen molar-refractivity contribution >= 4 is 40.8 Å². The minimum Gasteiger partial charge on any atom is -0.493 e. The van der Waals surface area contributed by atoms with Crippen LogP contribution in [0.2, 0.25) is 0 Å². The van der Waals surface area contributed by atoms with Crippen molar-refractivity contribution < 1.29 is 23.9 Å². The van der Waals surface area contributed by atoms with Crippen molar-refractivity contribution in [2.75, 3.05) is 7.11 Å². The highest BCUT2D eigenvalue weighted by Gasteiger charge is 2.22. The second-order valence-electron chi connectivity index (χ2n) is 4.52. The number of aliphatic imine (C=N–C) groups is 1. The molecular weight excluding hydrogens is 320 g/mol. The van der Waals surface area contributed by atoms with Crippen LogP contribution in [0.4, 0.5) is 0 Å². The molecule has 7 nitrogen and oxygen atoms in total. The molecule has 0 aromatic heterocycles. The molecule has 0 aliphatic carbocycles. The molecular formula is C15H14N2O5S. The van der Waals surface area contributed by atoms with E-state index in [1.807, 2.05) is 0 Å². The first kappa shape index (κ1) is 16.8. The number of thioether (sulfide) groups is 1. The van der Waals surface area contributed by atoms with E-state index in [1.54, 1.807) is 24.3 Å². The normalized spacial score (nSPS) is 15.3. The van der Waals surface area contributed by atoms with E-state index in [0.717, 1.165) is 11.8 Å². The van der Waals surface area contributed by atoms with E-state index in [-0.39, 0.29) is 11.1 Å². The number of amides is 2. The number of benzene rings is 1. The van der Waals surface area contributed by atoms with Gasteiger partial charge in [-0.2, -0.15) is 4.99 Å². The molecule has 0 fully saturated rings. The molecule has 0 atom stereocenters. The number of carbonyl (C=O) groups is 3. The topological polar surface area (TPSA) is 94.1 Å². The largest absolute Gasteiger partial charge is 0.493 e. The first-order chi connectivity index (χ1) is 10.9. The van der Waals surface area contributed by atoms with Crippen molar-refractivity contribution in [2.45, 2.75) is 13.8 Å². The standard InChI is InChI=1S/C15H14N2O5S/c1-8(18)16-15-17-14(20)13(23-15)7-10-4-5-11(22-9(2)19)12(6-10)21-3/h4-7H,1-3H3,(H,16,17,18,20)/b13-7-. The molecule has 1 heterocycles. The monoisotopic (exact) mass is 334 g/mol. The summed E-state index contributed by atoms with van der Waals surface area (Å²) in [6.07, 6.45) is 1.62. The van der Waals surface area contributed by atoms with Gasteiger partial charge in [0.15, 0.2) is 16.7 Å². The Balaban J connectivity index is 2.22. The predicted molar refractivity (Wildman–Crippen MR) is 86.1 cm³/mol. The SMILES string of the molecule is COc1cc(/C=C2\SC(NC(C)=O)=NC2=O)ccc1OC(C)=O. The Labute approximate surface area is 136 Å². The van der Waals surface area contributed by atoms with Gasteiger partial charge in [-0.15, -0.1) is 0 Å². The molecule has 1 N–H and O–H groups in total. The molecule has 0 radical (unpaired) electrons. The minimum absolute atomic E-state index is 0.247. The molecule has 1 aromatic carbocycles. The van der Waals surface area contributed by atoms with E-state index in [9.17, 15) is 14.4 Å². The van der Waals surface area contributed by atoms with E-state index in [0.29, 0.717) is 22.0 Å². The summed E-state index contributed by atoms with van der Waals surface area (Å²) in [5.41, 5.74) is 0.674. The van der Waals surface area contributed by atoms with Crippen molar-refractivity contribution in [2.24, 2.45) is 4.99 Å². The van der Waals surface area contributed by atoms with Crippen molar-refractivity contribution in [3.8, 4) is 11.5 Å². The van der Waals surface area contributed by atoms with Crippen molar-refractivity contribution in [1.82, 2.24) is 5.32 Å². The zero-order valence-electron chi connectivity index (χ0n) is 12.7. The summed E-state index contributed by atoms with van der Waals surface area (Å²) in [5.74, 6) is -0.514. The second-order valence-corrected chi connectivity index (χ2v) is 5.55. The van der Waals surface area contributed by atoms with Gasteiger partial charge in [0.25, 0.3) is 5.91 Å². The van der Waals surface area contributed by atoms with Crippen LogP contribution in [0.15, 0.2) is 28.1 Å². The smallest absolute Gasteiger partial charge is 0.308 e. The maximum Gasteiger partial charge on any atom is 0.308 e. The Hall–Kier alpha value is -2.61. The van der Waals surface area contributed by atoms with Gasteiger partial charge in [-0.05, 0) is 35.5 Å². The maximum atomic E-state index is 11.8. The van der Waals surface area contributed by atoms with Crippen LogP contribution in [-0.2, 0) is 14.4 Å². The molecule has 1 aliphatic rings. The Morgan fingerprint density at radius 3 is 2.61 bits per heavy atom. The molecule has 1 aromatic rings. The number of methoxy groups -OCH3 is 1. The first-order valence-electron chi connectivity index (χ1n) is 6.55. The zero-order valence-corrected chi connectivity index (χ0v) is 13.5. The fourth-order valence-corrected chi connectivity index (χ4v) is 2.64. The zero-order chi connectivity index (χ0) is 17.0. The lowest BCUT2D eigenvalue weighted by molar-refractivity contribution is -0.132. The quantitative estimate of drug-likeness (QED) is 0.514. The van der Waals surface area contributed by atoms with Crippen LogP contribution in [0.1, 0.15) is 19.4 Å². The Kier molecular flexibility index (Phi) is 5.17. The molecule has 120 valence electrons. The van der Waals surface area contributed by atoms with Gasteiger partial charge < -0.3 is 14.8 Å². The number of nitrogens with one attached hydrogen (secondary N) is 1. The molecule has 0 spiro atoms. The summed E-state index contributed by atoms with van der Waals surface area (Å²) in [6.45, 7) is 2.64. The molecule has 23 heavy (non-hydrogen) atoms. The van der Waals surface area contributed by atoms with Crippen molar-refractivity contribution in [1.29, 1.82) is 0 Å². The van der Waals surface area contributed by atoms with E-state index < -0.39 is 11.9 Å². The van der Waals surface area contributed by atoms with Gasteiger partial charge in [-0.3, -0.25) is 14.4 Å². The number of hydrogen-bond donors (Lipinski definition) is 1. The lowest BCUT2D eigenvalue weighted by atomic mass is 10.2. The number of rotatable bonds is 3. The number of esters is 1. The van der Waals surface area contributed by atoms with Crippen LogP contribution in [0.3, 0.4) is 0 Å². The van der Waals surface area contributed by atoms with Crippen molar-refractivity contribution in [3.05, 3.63) is 28.7 Å². The third kappa shape index (κ3) is 4.43. The van der Waals surface area contributed by atoms with Gasteiger partial charge in [-0.1, -0.05) is 6.07 Å². The van der Waals surface area contributed by atoms with Crippen LogP contribution in [0.5, 0.6) is 11.5 Å². The van der Waals surface area contributed by atoms with Crippen molar-refractivity contribution in [3.63, 3.8) is 0 Å². The first-order valence-corrected chi connectivity index (χ1v) is 7.37. The highest BCUT2D eigenvalue weighted by molar-refractivity contribution is 8.18. The Morgan fingerprint density at radius 2 is 2.00 bits per heavy atom. The van der Waals surface area contributed by atoms with Crippen LogP contribution in [0.25, 0.3) is 6.08 Å². The maximum absolute atomic E-state index is 11.8. The lowest BCUT2D eigenvalue weighted by Crippen LogP contribution is -2.23. The van der Waals surface area contributed by atoms with Gasteiger partial charge in [0.05, 0.1) is 12.0 Å². The van der Waals surface area contributed by atoms with Gasteiger partial charge in [0, 0.05) is 13.8 Å². The average molecular weight is 334 g/mol. The molecule has 1 aliphatic heterocycles. The summed E-state index contributed by atoms with van der Waals surface area (Å²) < 4.78 is 10.2. The third-order valence-electron chi connectivity index (χ3n) is 2.64.